The maximum atomic E-state index is 6.24. The molecule has 0 saturated heterocycles. The summed E-state index contributed by atoms with van der Waals surface area (Å²) in [6.07, 6.45) is 0. The zero-order valence-corrected chi connectivity index (χ0v) is 30.6. The molecule has 0 fully saturated rings. The van der Waals surface area contributed by atoms with Gasteiger partial charge in [0.05, 0.1) is 5.69 Å². The summed E-state index contributed by atoms with van der Waals surface area (Å²) in [5, 5.41) is 7.35. The number of hydrogen-bond acceptors (Lipinski definition) is 3. The van der Waals surface area contributed by atoms with Crippen molar-refractivity contribution < 1.29 is 4.42 Å². The van der Waals surface area contributed by atoms with Crippen molar-refractivity contribution in [2.75, 3.05) is 4.90 Å². The molecule has 2 nitrogen and oxygen atoms in total. The van der Waals surface area contributed by atoms with Crippen LogP contribution in [-0.4, -0.2) is 0 Å². The second-order valence-electron chi connectivity index (χ2n) is 14.1. The number of fused-ring (bicyclic) bond motifs is 7. The van der Waals surface area contributed by atoms with Gasteiger partial charge in [-0.15, -0.1) is 11.3 Å². The van der Waals surface area contributed by atoms with E-state index in [0.717, 1.165) is 44.6 Å². The Hall–Kier alpha value is -6.94. The topological polar surface area (TPSA) is 16.4 Å². The molecule has 0 spiro atoms. The minimum atomic E-state index is 0.906. The lowest BCUT2D eigenvalue weighted by Gasteiger charge is -2.27. The van der Waals surface area contributed by atoms with Crippen molar-refractivity contribution >= 4 is 81.3 Å². The van der Waals surface area contributed by atoms with E-state index in [9.17, 15) is 0 Å². The molecule has 11 rings (SSSR count). The van der Waals surface area contributed by atoms with Gasteiger partial charge in [-0.3, -0.25) is 0 Å². The van der Waals surface area contributed by atoms with Gasteiger partial charge >= 0.3 is 0 Å². The third kappa shape index (κ3) is 5.40. The molecule has 0 radical (unpaired) electrons. The lowest BCUT2D eigenvalue weighted by molar-refractivity contribution is 0.669. The van der Waals surface area contributed by atoms with E-state index >= 15 is 0 Å². The Labute approximate surface area is 322 Å². The van der Waals surface area contributed by atoms with Crippen LogP contribution in [0, 0.1) is 0 Å². The Morgan fingerprint density at radius 1 is 0.364 bits per heavy atom. The first-order valence-corrected chi connectivity index (χ1v) is 19.5. The van der Waals surface area contributed by atoms with E-state index in [1.165, 1.54) is 58.8 Å². The van der Waals surface area contributed by atoms with Gasteiger partial charge in [0, 0.05) is 42.3 Å². The number of benzene rings is 9. The van der Waals surface area contributed by atoms with E-state index < -0.39 is 0 Å². The zero-order valence-electron chi connectivity index (χ0n) is 29.8. The SMILES string of the molecule is c1cc(-c2ccc(N(c3ccc(-c4cccc5oc6ccccc6c45)cc3)c3cccc4sc5ccccc5c34)cc2)cc(-c2ccc3ccccc3c2)c1. The summed E-state index contributed by atoms with van der Waals surface area (Å²) in [7, 11) is 0. The summed E-state index contributed by atoms with van der Waals surface area (Å²) in [4.78, 5) is 2.41. The first-order chi connectivity index (χ1) is 27.2. The summed E-state index contributed by atoms with van der Waals surface area (Å²) in [6.45, 7) is 0. The first kappa shape index (κ1) is 31.6. The third-order valence-electron chi connectivity index (χ3n) is 10.9. The molecule has 3 heteroatoms. The van der Waals surface area contributed by atoms with E-state index in [2.05, 4.69) is 193 Å². The van der Waals surface area contributed by atoms with Crippen molar-refractivity contribution in [2.45, 2.75) is 0 Å². The second-order valence-corrected chi connectivity index (χ2v) is 15.2. The summed E-state index contributed by atoms with van der Waals surface area (Å²) >= 11 is 1.85. The molecule has 0 unspecified atom stereocenters. The molecule has 2 heterocycles. The first-order valence-electron chi connectivity index (χ1n) is 18.7. The molecule has 0 aliphatic heterocycles. The molecule has 2 aromatic heterocycles. The number of thiophene rings is 1. The van der Waals surface area contributed by atoms with Crippen molar-refractivity contribution in [3.63, 3.8) is 0 Å². The van der Waals surface area contributed by atoms with Crippen LogP contribution in [0.3, 0.4) is 0 Å². The minimum Gasteiger partial charge on any atom is -0.456 e. The molecular formula is C52H33NOS. The molecule has 9 aromatic carbocycles. The average Bonchev–Trinajstić information content (AvgIpc) is 3.83. The molecule has 0 amide bonds. The highest BCUT2D eigenvalue weighted by Gasteiger charge is 2.19. The van der Waals surface area contributed by atoms with Gasteiger partial charge in [0.2, 0.25) is 0 Å². The number of para-hydroxylation sites is 1. The van der Waals surface area contributed by atoms with Crippen LogP contribution < -0.4 is 4.90 Å². The van der Waals surface area contributed by atoms with Crippen molar-refractivity contribution in [3.05, 3.63) is 200 Å². The lowest BCUT2D eigenvalue weighted by Crippen LogP contribution is -2.10. The Kier molecular flexibility index (Phi) is 7.39. The molecule has 0 bridgehead atoms. The smallest absolute Gasteiger partial charge is 0.136 e. The van der Waals surface area contributed by atoms with Gasteiger partial charge in [-0.1, -0.05) is 133 Å². The van der Waals surface area contributed by atoms with Crippen LogP contribution >= 0.6 is 11.3 Å². The molecule has 55 heavy (non-hydrogen) atoms. The predicted octanol–water partition coefficient (Wildman–Crippen LogP) is 15.6. The molecule has 11 aromatic rings. The van der Waals surface area contributed by atoms with Crippen molar-refractivity contribution in [1.29, 1.82) is 0 Å². The van der Waals surface area contributed by atoms with Gasteiger partial charge in [-0.2, -0.15) is 0 Å². The molecule has 0 aliphatic rings. The normalized spacial score (nSPS) is 11.6. The number of anilines is 3. The Morgan fingerprint density at radius 2 is 0.964 bits per heavy atom. The standard InChI is InChI=1S/C52H33NOS/c1-2-11-37-33-40(23-22-34(37)10-1)39-13-7-12-38(32-39)35-24-28-41(29-25-35)53(46-17-9-21-50-52(46)45-15-4-6-20-49(45)55-50)42-30-26-36(27-31-42)43-16-8-19-48-51(43)44-14-3-5-18-47(44)54-48/h1-33H. The quantitative estimate of drug-likeness (QED) is 0.170. The third-order valence-corrected chi connectivity index (χ3v) is 12.0. The molecule has 258 valence electrons. The van der Waals surface area contributed by atoms with Crippen LogP contribution in [-0.2, 0) is 0 Å². The number of hydrogen-bond donors (Lipinski definition) is 0. The maximum absolute atomic E-state index is 6.24. The Balaban J connectivity index is 1.02. The monoisotopic (exact) mass is 719 g/mol. The maximum Gasteiger partial charge on any atom is 0.136 e. The summed E-state index contributed by atoms with van der Waals surface area (Å²) in [6, 6.07) is 72.3. The van der Waals surface area contributed by atoms with Crippen molar-refractivity contribution in [1.82, 2.24) is 0 Å². The molecule has 0 saturated carbocycles. The number of furan rings is 1. The van der Waals surface area contributed by atoms with Gasteiger partial charge in [0.1, 0.15) is 11.2 Å². The second kappa shape index (κ2) is 12.9. The number of rotatable bonds is 6. The van der Waals surface area contributed by atoms with Crippen LogP contribution in [0.15, 0.2) is 205 Å². The fourth-order valence-corrected chi connectivity index (χ4v) is 9.35. The van der Waals surface area contributed by atoms with E-state index in [1.54, 1.807) is 0 Å². The van der Waals surface area contributed by atoms with E-state index in [4.69, 9.17) is 4.42 Å². The summed E-state index contributed by atoms with van der Waals surface area (Å²) in [5.74, 6) is 0. The average molecular weight is 720 g/mol. The molecule has 0 aliphatic carbocycles. The van der Waals surface area contributed by atoms with Gasteiger partial charge in [-0.25, -0.2) is 0 Å². The highest BCUT2D eigenvalue weighted by atomic mass is 32.1. The van der Waals surface area contributed by atoms with Crippen LogP contribution in [0.25, 0.3) is 86.3 Å². The highest BCUT2D eigenvalue weighted by Crippen LogP contribution is 2.46. The van der Waals surface area contributed by atoms with Crippen LogP contribution in [0.5, 0.6) is 0 Å². The molecule has 0 atom stereocenters. The van der Waals surface area contributed by atoms with Crippen LogP contribution in [0.4, 0.5) is 17.1 Å². The van der Waals surface area contributed by atoms with Gasteiger partial charge in [0.15, 0.2) is 0 Å². The Morgan fingerprint density at radius 3 is 1.80 bits per heavy atom. The van der Waals surface area contributed by atoms with E-state index in [-0.39, 0.29) is 0 Å². The fraction of sp³-hybridized carbons (Fsp3) is 0. The van der Waals surface area contributed by atoms with Gasteiger partial charge < -0.3 is 9.32 Å². The minimum absolute atomic E-state index is 0.906. The summed E-state index contributed by atoms with van der Waals surface area (Å²) in [5.41, 5.74) is 12.3. The van der Waals surface area contributed by atoms with E-state index in [0.29, 0.717) is 0 Å². The lowest BCUT2D eigenvalue weighted by atomic mass is 9.97. The van der Waals surface area contributed by atoms with Crippen LogP contribution in [0.1, 0.15) is 0 Å². The summed E-state index contributed by atoms with van der Waals surface area (Å²) < 4.78 is 8.81. The predicted molar refractivity (Wildman–Crippen MR) is 235 cm³/mol. The van der Waals surface area contributed by atoms with Gasteiger partial charge in [0.25, 0.3) is 0 Å². The van der Waals surface area contributed by atoms with Crippen LogP contribution in [0.2, 0.25) is 0 Å². The molecule has 0 N–H and O–H groups in total. The largest absolute Gasteiger partial charge is 0.456 e. The fourth-order valence-electron chi connectivity index (χ4n) is 8.22. The zero-order chi connectivity index (χ0) is 36.3. The van der Waals surface area contributed by atoms with Crippen molar-refractivity contribution in [3.8, 4) is 33.4 Å². The Bertz CT molecular complexity index is 3210. The van der Waals surface area contributed by atoms with E-state index in [1.807, 2.05) is 23.5 Å². The number of nitrogens with zero attached hydrogens (tertiary/aromatic N) is 1. The van der Waals surface area contributed by atoms with Crippen molar-refractivity contribution in [2.24, 2.45) is 0 Å². The highest BCUT2D eigenvalue weighted by molar-refractivity contribution is 7.26. The van der Waals surface area contributed by atoms with Gasteiger partial charge in [-0.05, 0) is 111 Å². The molecular weight excluding hydrogens is 687 g/mol.